The van der Waals surface area contributed by atoms with Crippen LogP contribution in [0.25, 0.3) is 0 Å². The summed E-state index contributed by atoms with van der Waals surface area (Å²) in [6.45, 7) is 11.7. The smallest absolute Gasteiger partial charge is 0.143 e. The van der Waals surface area contributed by atoms with Gasteiger partial charge in [-0.05, 0) is 56.2 Å². The fourth-order valence-electron chi connectivity index (χ4n) is 3.51. The highest BCUT2D eigenvalue weighted by molar-refractivity contribution is 5.65. The number of nitrogens with one attached hydrogen (secondary N) is 1. The zero-order valence-corrected chi connectivity index (χ0v) is 19.8. The standard InChI is InChI=1S/C24H31N3O2.C2H6/c1-5-10-24(25-6-2)27-17-21(29-23-14-8-7-13-22(23)27)16-26-18(3)19-11-9-12-20(15-19)28-4;1-2/h6-15,18,21,26H,5,16-17H2,1-4H3;1-2H3/b24-10+,25-6-;/t18-,21?;/m1./s1. The second-order valence-corrected chi connectivity index (χ2v) is 7.08. The van der Waals surface area contributed by atoms with E-state index in [1.807, 2.05) is 57.3 Å². The molecule has 2 aromatic rings. The van der Waals surface area contributed by atoms with E-state index in [0.717, 1.165) is 42.5 Å². The van der Waals surface area contributed by atoms with Crippen LogP contribution in [-0.4, -0.2) is 32.5 Å². The quantitative estimate of drug-likeness (QED) is 0.530. The summed E-state index contributed by atoms with van der Waals surface area (Å²) in [6, 6.07) is 16.5. The Labute approximate surface area is 187 Å². The number of anilines is 1. The summed E-state index contributed by atoms with van der Waals surface area (Å²) in [5.41, 5.74) is 2.26. The van der Waals surface area contributed by atoms with Crippen LogP contribution in [-0.2, 0) is 0 Å². The maximum atomic E-state index is 6.29. The predicted molar refractivity (Wildman–Crippen MR) is 132 cm³/mol. The van der Waals surface area contributed by atoms with Gasteiger partial charge in [-0.1, -0.05) is 45.0 Å². The van der Waals surface area contributed by atoms with E-state index in [2.05, 4.69) is 53.3 Å². The summed E-state index contributed by atoms with van der Waals surface area (Å²) in [5, 5.41) is 3.61. The van der Waals surface area contributed by atoms with E-state index in [0.29, 0.717) is 0 Å². The zero-order valence-electron chi connectivity index (χ0n) is 19.8. The minimum atomic E-state index is 0.0188. The van der Waals surface area contributed by atoms with E-state index >= 15 is 0 Å². The molecule has 31 heavy (non-hydrogen) atoms. The molecule has 2 atom stereocenters. The van der Waals surface area contributed by atoms with E-state index in [4.69, 9.17) is 9.47 Å². The molecule has 0 fully saturated rings. The minimum Gasteiger partial charge on any atom is -0.497 e. The molecule has 1 unspecified atom stereocenters. The molecule has 1 N–H and O–H groups in total. The lowest BCUT2D eigenvalue weighted by atomic mass is 10.1. The summed E-state index contributed by atoms with van der Waals surface area (Å²) in [5.74, 6) is 2.74. The number of nitrogens with zero attached hydrogens (tertiary/aromatic N) is 2. The van der Waals surface area contributed by atoms with Crippen molar-refractivity contribution in [3.63, 3.8) is 0 Å². The lowest BCUT2D eigenvalue weighted by Gasteiger charge is -2.36. The molecule has 0 saturated heterocycles. The normalized spacial score (nSPS) is 16.8. The summed E-state index contributed by atoms with van der Waals surface area (Å²) in [4.78, 5) is 6.86. The molecule has 1 heterocycles. The van der Waals surface area contributed by atoms with Crippen molar-refractivity contribution in [1.82, 2.24) is 5.32 Å². The Morgan fingerprint density at radius 3 is 2.74 bits per heavy atom. The van der Waals surface area contributed by atoms with Crippen molar-refractivity contribution < 1.29 is 9.47 Å². The highest BCUT2D eigenvalue weighted by Crippen LogP contribution is 2.35. The molecule has 0 bridgehead atoms. The van der Waals surface area contributed by atoms with Gasteiger partial charge in [0.25, 0.3) is 0 Å². The predicted octanol–water partition coefficient (Wildman–Crippen LogP) is 5.98. The first kappa shape index (κ1) is 24.5. The maximum Gasteiger partial charge on any atom is 0.143 e. The second kappa shape index (κ2) is 12.8. The van der Waals surface area contributed by atoms with Crippen molar-refractivity contribution in [2.45, 2.75) is 53.2 Å². The molecule has 0 aromatic heterocycles. The van der Waals surface area contributed by atoms with Crippen LogP contribution < -0.4 is 19.7 Å². The molecule has 3 rings (SSSR count). The number of allylic oxidation sites excluding steroid dienone is 1. The van der Waals surface area contributed by atoms with Crippen molar-refractivity contribution in [3.05, 3.63) is 66.0 Å². The summed E-state index contributed by atoms with van der Waals surface area (Å²) < 4.78 is 11.6. The van der Waals surface area contributed by atoms with Crippen LogP contribution in [0.15, 0.2) is 65.4 Å². The number of aliphatic imine (C=N–C) groups is 1. The van der Waals surface area contributed by atoms with Gasteiger partial charge in [0.1, 0.15) is 23.4 Å². The third kappa shape index (κ3) is 6.59. The molecule has 0 amide bonds. The Hall–Kier alpha value is -2.79. The first-order chi connectivity index (χ1) is 15.2. The van der Waals surface area contributed by atoms with Crippen molar-refractivity contribution in [1.29, 1.82) is 0 Å². The topological polar surface area (TPSA) is 46.1 Å². The van der Waals surface area contributed by atoms with Crippen LogP contribution >= 0.6 is 0 Å². The summed E-state index contributed by atoms with van der Waals surface area (Å²) in [6.07, 6.45) is 4.95. The highest BCUT2D eigenvalue weighted by Gasteiger charge is 2.27. The molecule has 0 radical (unpaired) electrons. The third-order valence-electron chi connectivity index (χ3n) is 5.01. The molecule has 5 heteroatoms. The van der Waals surface area contributed by atoms with E-state index in [1.165, 1.54) is 5.56 Å². The Kier molecular flexibility index (Phi) is 10.1. The summed E-state index contributed by atoms with van der Waals surface area (Å²) in [7, 11) is 1.69. The van der Waals surface area contributed by atoms with Gasteiger partial charge >= 0.3 is 0 Å². The van der Waals surface area contributed by atoms with Gasteiger partial charge in [0.15, 0.2) is 0 Å². The Bertz CT molecular complexity index is 863. The van der Waals surface area contributed by atoms with Gasteiger partial charge in [-0.3, -0.25) is 0 Å². The number of ether oxygens (including phenoxy) is 2. The number of hydrogen-bond acceptors (Lipinski definition) is 5. The molecule has 0 saturated carbocycles. The van der Waals surface area contributed by atoms with Gasteiger partial charge < -0.3 is 19.7 Å². The molecule has 1 aliphatic heterocycles. The lowest BCUT2D eigenvalue weighted by Crippen LogP contribution is -2.45. The molecule has 2 aromatic carbocycles. The number of rotatable bonds is 8. The van der Waals surface area contributed by atoms with Gasteiger partial charge in [-0.2, -0.15) is 0 Å². The van der Waals surface area contributed by atoms with Crippen molar-refractivity contribution in [3.8, 4) is 11.5 Å². The zero-order chi connectivity index (χ0) is 22.6. The van der Waals surface area contributed by atoms with Gasteiger partial charge in [-0.25, -0.2) is 4.99 Å². The number of fused-ring (bicyclic) bond motifs is 1. The average molecular weight is 424 g/mol. The number of para-hydroxylation sites is 2. The van der Waals surface area contributed by atoms with E-state index in [9.17, 15) is 0 Å². The Morgan fingerprint density at radius 1 is 1.26 bits per heavy atom. The number of hydrogen-bond donors (Lipinski definition) is 1. The van der Waals surface area contributed by atoms with Gasteiger partial charge in [0, 0.05) is 18.8 Å². The van der Waals surface area contributed by atoms with Gasteiger partial charge in [0.05, 0.1) is 19.3 Å². The van der Waals surface area contributed by atoms with Crippen LogP contribution in [0, 0.1) is 0 Å². The Morgan fingerprint density at radius 2 is 2.03 bits per heavy atom. The fraction of sp³-hybridized carbons (Fsp3) is 0.423. The van der Waals surface area contributed by atoms with Crippen molar-refractivity contribution in [2.24, 2.45) is 4.99 Å². The monoisotopic (exact) mass is 423 g/mol. The molecular formula is C26H37N3O2. The maximum absolute atomic E-state index is 6.29. The van der Waals surface area contributed by atoms with E-state index in [1.54, 1.807) is 7.11 Å². The molecule has 5 nitrogen and oxygen atoms in total. The van der Waals surface area contributed by atoms with E-state index in [-0.39, 0.29) is 12.1 Å². The Balaban J connectivity index is 0.00000166. The lowest BCUT2D eigenvalue weighted by molar-refractivity contribution is 0.188. The summed E-state index contributed by atoms with van der Waals surface area (Å²) >= 11 is 0. The molecule has 0 spiro atoms. The van der Waals surface area contributed by atoms with Crippen LogP contribution in [0.1, 0.15) is 52.6 Å². The van der Waals surface area contributed by atoms with E-state index < -0.39 is 0 Å². The van der Waals surface area contributed by atoms with Gasteiger partial charge in [-0.15, -0.1) is 0 Å². The fourth-order valence-corrected chi connectivity index (χ4v) is 3.51. The number of benzene rings is 2. The largest absolute Gasteiger partial charge is 0.497 e. The average Bonchev–Trinajstić information content (AvgIpc) is 2.83. The van der Waals surface area contributed by atoms with Gasteiger partial charge in [0.2, 0.25) is 0 Å². The van der Waals surface area contributed by atoms with Crippen LogP contribution in [0.4, 0.5) is 5.69 Å². The van der Waals surface area contributed by atoms with Crippen molar-refractivity contribution in [2.75, 3.05) is 25.1 Å². The second-order valence-electron chi connectivity index (χ2n) is 7.08. The first-order valence-corrected chi connectivity index (χ1v) is 11.3. The first-order valence-electron chi connectivity index (χ1n) is 11.3. The molecule has 0 aliphatic carbocycles. The molecule has 1 aliphatic rings. The minimum absolute atomic E-state index is 0.0188. The van der Waals surface area contributed by atoms with Crippen LogP contribution in [0.2, 0.25) is 0 Å². The SMILES string of the molecule is C/C=N\C(=C/CC)N1CC(CN[C@H](C)c2cccc(OC)c2)Oc2ccccc21.CC. The highest BCUT2D eigenvalue weighted by atomic mass is 16.5. The van der Waals surface area contributed by atoms with Crippen LogP contribution in [0.5, 0.6) is 11.5 Å². The third-order valence-corrected chi connectivity index (χ3v) is 5.01. The number of methoxy groups -OCH3 is 1. The molecule has 168 valence electrons. The molecular weight excluding hydrogens is 386 g/mol. The van der Waals surface area contributed by atoms with Crippen LogP contribution in [0.3, 0.4) is 0 Å². The van der Waals surface area contributed by atoms with Crippen molar-refractivity contribution >= 4 is 11.9 Å².